The molecule has 3 aromatic rings. The number of nitrogens with zero attached hydrogens (tertiary/aromatic N) is 1. The minimum absolute atomic E-state index is 0.0363. The number of rotatable bonds is 20. The Hall–Kier alpha value is -2.79. The van der Waals surface area contributed by atoms with Crippen molar-refractivity contribution >= 4 is 17.7 Å². The molecule has 3 rings (SSSR count). The Morgan fingerprint density at radius 1 is 0.875 bits per heavy atom. The Bertz CT molecular complexity index is 1100. The lowest BCUT2D eigenvalue weighted by Crippen LogP contribution is -2.37. The Morgan fingerprint density at radius 2 is 1.48 bits per heavy atom. The fourth-order valence-electron chi connectivity index (χ4n) is 5.55. The topological polar surface area (TPSA) is 63.3 Å². The molecule has 0 aliphatic rings. The summed E-state index contributed by atoms with van der Waals surface area (Å²) in [5, 5.41) is 11.0. The second-order valence-corrected chi connectivity index (χ2v) is 12.1. The Labute approximate surface area is 245 Å². The average molecular weight is 562 g/mol. The first-order valence-corrected chi connectivity index (χ1v) is 16.0. The lowest BCUT2D eigenvalue weighted by Gasteiger charge is -2.35. The van der Waals surface area contributed by atoms with Gasteiger partial charge in [-0.3, -0.25) is 4.79 Å². The number of carbonyl (C=O) groups is 1. The van der Waals surface area contributed by atoms with Gasteiger partial charge in [-0.1, -0.05) is 119 Å². The van der Waals surface area contributed by atoms with Crippen LogP contribution in [0.25, 0.3) is 0 Å². The molecule has 40 heavy (non-hydrogen) atoms. The maximum Gasteiger partial charge on any atom is 0.320 e. The summed E-state index contributed by atoms with van der Waals surface area (Å²) in [6.07, 6.45) is 21.0. The van der Waals surface area contributed by atoms with Crippen LogP contribution in [0.15, 0.2) is 94.9 Å². The summed E-state index contributed by atoms with van der Waals surface area (Å²) in [6.45, 7) is 4.22. The SMILES string of the molecule is CCCCCCCCC=CCCCC(c1ccccc1)C(CC(CC)(Sc1ncco1)C(=O)O)c1ccccc1. The molecular formula is C35H47NO3S. The number of aliphatic carboxylic acids is 1. The molecule has 0 bridgehead atoms. The van der Waals surface area contributed by atoms with Crippen LogP contribution in [0.1, 0.15) is 114 Å². The van der Waals surface area contributed by atoms with Gasteiger partial charge < -0.3 is 9.52 Å². The monoisotopic (exact) mass is 561 g/mol. The Kier molecular flexibility index (Phi) is 14.1. The molecule has 1 aromatic heterocycles. The molecular weight excluding hydrogens is 514 g/mol. The number of hydrogen-bond donors (Lipinski definition) is 1. The lowest BCUT2D eigenvalue weighted by atomic mass is 9.73. The molecule has 4 nitrogen and oxygen atoms in total. The van der Waals surface area contributed by atoms with Crippen LogP contribution < -0.4 is 0 Å². The van der Waals surface area contributed by atoms with Gasteiger partial charge in [0.25, 0.3) is 5.22 Å². The molecule has 0 saturated carbocycles. The van der Waals surface area contributed by atoms with E-state index in [0.717, 1.165) is 25.7 Å². The summed E-state index contributed by atoms with van der Waals surface area (Å²) in [5.74, 6) is -0.580. The van der Waals surface area contributed by atoms with Gasteiger partial charge in [0.15, 0.2) is 0 Å². The predicted molar refractivity (Wildman–Crippen MR) is 167 cm³/mol. The molecule has 0 radical (unpaired) electrons. The molecule has 1 heterocycles. The van der Waals surface area contributed by atoms with Gasteiger partial charge in [0.1, 0.15) is 11.0 Å². The number of oxazole rings is 1. The number of allylic oxidation sites excluding steroid dienone is 2. The van der Waals surface area contributed by atoms with Gasteiger partial charge in [0.2, 0.25) is 0 Å². The first kappa shape index (κ1) is 31.7. The molecule has 0 aliphatic heterocycles. The Morgan fingerprint density at radius 3 is 2.05 bits per heavy atom. The summed E-state index contributed by atoms with van der Waals surface area (Å²) in [6, 6.07) is 21.1. The van der Waals surface area contributed by atoms with Crippen LogP contribution in [0.2, 0.25) is 0 Å². The summed E-state index contributed by atoms with van der Waals surface area (Å²) < 4.78 is 4.45. The minimum Gasteiger partial charge on any atom is -0.480 e. The van der Waals surface area contributed by atoms with Crippen molar-refractivity contribution in [2.24, 2.45) is 0 Å². The van der Waals surface area contributed by atoms with Crippen molar-refractivity contribution in [3.05, 3.63) is 96.4 Å². The Balaban J connectivity index is 1.77. The standard InChI is InChI=1S/C35H47NO3S/c1-3-5-6-7-8-9-10-11-12-13-20-25-31(29-21-16-14-17-22-29)32(30-23-18-15-19-24-30)28-35(4-2,33(37)38)40-34-36-26-27-39-34/h11-12,14-19,21-24,26-27,31-32H,3-10,13,20,25,28H2,1-2H3,(H,37,38). The van der Waals surface area contributed by atoms with Crippen molar-refractivity contribution in [3.63, 3.8) is 0 Å². The number of carboxylic acid groups (broad SMARTS) is 1. The molecule has 0 spiro atoms. The highest BCUT2D eigenvalue weighted by Crippen LogP contribution is 2.48. The first-order chi connectivity index (χ1) is 19.6. The maximum absolute atomic E-state index is 12.9. The molecule has 5 heteroatoms. The van der Waals surface area contributed by atoms with Gasteiger partial charge in [-0.05, 0) is 79.7 Å². The number of unbranched alkanes of at least 4 members (excludes halogenated alkanes) is 7. The van der Waals surface area contributed by atoms with Crippen molar-refractivity contribution in [3.8, 4) is 0 Å². The number of carboxylic acids is 1. The summed E-state index contributed by atoms with van der Waals surface area (Å²) >= 11 is 1.24. The van der Waals surface area contributed by atoms with Crippen LogP contribution in [-0.2, 0) is 4.79 Å². The fraction of sp³-hybridized carbons (Fsp3) is 0.486. The van der Waals surface area contributed by atoms with E-state index in [-0.39, 0.29) is 11.8 Å². The quantitative estimate of drug-likeness (QED) is 0.0844. The van der Waals surface area contributed by atoms with E-state index >= 15 is 0 Å². The van der Waals surface area contributed by atoms with Crippen LogP contribution in [0.5, 0.6) is 0 Å². The van der Waals surface area contributed by atoms with Crippen molar-refractivity contribution < 1.29 is 14.3 Å². The molecule has 0 aliphatic carbocycles. The molecule has 216 valence electrons. The molecule has 3 unspecified atom stereocenters. The van der Waals surface area contributed by atoms with Crippen LogP contribution in [-0.4, -0.2) is 20.8 Å². The van der Waals surface area contributed by atoms with E-state index in [1.165, 1.54) is 67.7 Å². The highest BCUT2D eigenvalue weighted by Gasteiger charge is 2.43. The fourth-order valence-corrected chi connectivity index (χ4v) is 6.60. The summed E-state index contributed by atoms with van der Waals surface area (Å²) in [5.41, 5.74) is 2.45. The van der Waals surface area contributed by atoms with E-state index in [0.29, 0.717) is 18.1 Å². The predicted octanol–water partition coefficient (Wildman–Crippen LogP) is 10.4. The summed E-state index contributed by atoms with van der Waals surface area (Å²) in [4.78, 5) is 17.1. The molecule has 0 amide bonds. The van der Waals surface area contributed by atoms with Gasteiger partial charge >= 0.3 is 5.97 Å². The highest BCUT2D eigenvalue weighted by molar-refractivity contribution is 8.01. The van der Waals surface area contributed by atoms with E-state index in [2.05, 4.69) is 78.7 Å². The second-order valence-electron chi connectivity index (χ2n) is 10.8. The number of benzene rings is 2. The van der Waals surface area contributed by atoms with Crippen LogP contribution >= 0.6 is 11.8 Å². The van der Waals surface area contributed by atoms with Crippen molar-refractivity contribution in [1.82, 2.24) is 4.98 Å². The lowest BCUT2D eigenvalue weighted by molar-refractivity contribution is -0.140. The molecule has 0 saturated heterocycles. The van der Waals surface area contributed by atoms with Gasteiger partial charge in [0.05, 0.1) is 6.20 Å². The number of thioether (sulfide) groups is 1. The average Bonchev–Trinajstić information content (AvgIpc) is 3.50. The molecule has 3 atom stereocenters. The third-order valence-corrected chi connectivity index (χ3v) is 9.32. The van der Waals surface area contributed by atoms with Crippen LogP contribution in [0, 0.1) is 0 Å². The normalized spacial score (nSPS) is 14.7. The molecule has 2 aromatic carbocycles. The number of hydrogen-bond acceptors (Lipinski definition) is 4. The highest BCUT2D eigenvalue weighted by atomic mass is 32.2. The van der Waals surface area contributed by atoms with Crippen molar-refractivity contribution in [2.45, 2.75) is 113 Å². The van der Waals surface area contributed by atoms with Crippen LogP contribution in [0.4, 0.5) is 0 Å². The molecule has 1 N–H and O–H groups in total. The van der Waals surface area contributed by atoms with E-state index in [1.807, 2.05) is 13.0 Å². The van der Waals surface area contributed by atoms with E-state index in [9.17, 15) is 9.90 Å². The zero-order chi connectivity index (χ0) is 28.5. The smallest absolute Gasteiger partial charge is 0.320 e. The zero-order valence-electron chi connectivity index (χ0n) is 24.3. The van der Waals surface area contributed by atoms with Crippen LogP contribution in [0.3, 0.4) is 0 Å². The maximum atomic E-state index is 12.9. The van der Waals surface area contributed by atoms with Gasteiger partial charge in [-0.15, -0.1) is 0 Å². The van der Waals surface area contributed by atoms with Crippen molar-refractivity contribution in [2.75, 3.05) is 0 Å². The van der Waals surface area contributed by atoms with E-state index in [1.54, 1.807) is 6.20 Å². The third kappa shape index (κ3) is 9.99. The second kappa shape index (κ2) is 17.8. The van der Waals surface area contributed by atoms with E-state index in [4.69, 9.17) is 4.42 Å². The third-order valence-electron chi connectivity index (χ3n) is 7.92. The number of aromatic nitrogens is 1. The van der Waals surface area contributed by atoms with Crippen molar-refractivity contribution in [1.29, 1.82) is 0 Å². The molecule has 0 fully saturated rings. The van der Waals surface area contributed by atoms with Gasteiger partial charge in [-0.25, -0.2) is 4.98 Å². The zero-order valence-corrected chi connectivity index (χ0v) is 25.2. The minimum atomic E-state index is -1.05. The summed E-state index contributed by atoms with van der Waals surface area (Å²) in [7, 11) is 0. The van der Waals surface area contributed by atoms with Gasteiger partial charge in [-0.2, -0.15) is 0 Å². The van der Waals surface area contributed by atoms with Gasteiger partial charge in [0, 0.05) is 0 Å². The first-order valence-electron chi connectivity index (χ1n) is 15.2. The largest absolute Gasteiger partial charge is 0.480 e. The van der Waals surface area contributed by atoms with E-state index < -0.39 is 10.7 Å².